The van der Waals surface area contributed by atoms with Crippen LogP contribution < -0.4 is 5.32 Å². The summed E-state index contributed by atoms with van der Waals surface area (Å²) in [6.07, 6.45) is 2.56. The van der Waals surface area contributed by atoms with Crippen molar-refractivity contribution < 1.29 is 13.2 Å². The lowest BCUT2D eigenvalue weighted by atomic mass is 9.97. The molecule has 0 bridgehead atoms. The van der Waals surface area contributed by atoms with Crippen LogP contribution in [-0.2, 0) is 22.7 Å². The number of hydrogen-bond donors (Lipinski definition) is 1. The van der Waals surface area contributed by atoms with Gasteiger partial charge in [-0.25, -0.2) is 8.42 Å². The van der Waals surface area contributed by atoms with Gasteiger partial charge in [0.1, 0.15) is 9.84 Å². The Morgan fingerprint density at radius 3 is 2.28 bits per heavy atom. The van der Waals surface area contributed by atoms with E-state index in [1.54, 1.807) is 12.1 Å². The Morgan fingerprint density at radius 2 is 1.68 bits per heavy atom. The molecule has 1 amide bonds. The first kappa shape index (κ1) is 19.2. The maximum atomic E-state index is 12.6. The summed E-state index contributed by atoms with van der Waals surface area (Å²) in [6.45, 7) is 4.26. The third-order valence-corrected chi connectivity index (χ3v) is 4.81. The van der Waals surface area contributed by atoms with Gasteiger partial charge in [-0.05, 0) is 48.1 Å². The molecule has 0 aliphatic rings. The second kappa shape index (κ2) is 8.30. The zero-order valence-corrected chi connectivity index (χ0v) is 15.8. The molecule has 0 aromatic heterocycles. The lowest BCUT2D eigenvalue weighted by Gasteiger charge is -2.12. The Morgan fingerprint density at radius 1 is 1.04 bits per heavy atom. The Labute approximate surface area is 150 Å². The number of benzene rings is 2. The lowest BCUT2D eigenvalue weighted by Crippen LogP contribution is -2.15. The minimum atomic E-state index is -2.97. The molecule has 2 aromatic rings. The predicted molar refractivity (Wildman–Crippen MR) is 103 cm³/mol. The van der Waals surface area contributed by atoms with Crippen LogP contribution in [0.15, 0.2) is 48.5 Å². The highest BCUT2D eigenvalue weighted by Crippen LogP contribution is 2.17. The van der Waals surface area contributed by atoms with Crippen molar-refractivity contribution in [2.45, 2.75) is 26.7 Å². The normalized spacial score (nSPS) is 11.5. The van der Waals surface area contributed by atoms with Crippen LogP contribution in [0.1, 0.15) is 35.3 Å². The van der Waals surface area contributed by atoms with E-state index in [2.05, 4.69) is 19.2 Å². The van der Waals surface area contributed by atoms with Gasteiger partial charge in [0.15, 0.2) is 0 Å². The highest BCUT2D eigenvalue weighted by atomic mass is 32.2. The molecule has 0 fully saturated rings. The molecule has 0 spiro atoms. The number of carbonyl (C=O) groups excluding carboxylic acids is 1. The highest BCUT2D eigenvalue weighted by molar-refractivity contribution is 7.90. The molecule has 0 aliphatic heterocycles. The molecule has 1 N–H and O–H groups in total. The molecule has 5 heteroatoms. The Hall–Kier alpha value is -2.14. The summed E-state index contributed by atoms with van der Waals surface area (Å²) < 4.78 is 22.5. The lowest BCUT2D eigenvalue weighted by molar-refractivity contribution is 0.102. The molecule has 2 aromatic carbocycles. The summed E-state index contributed by atoms with van der Waals surface area (Å²) in [7, 11) is -2.97. The van der Waals surface area contributed by atoms with Crippen molar-refractivity contribution >= 4 is 21.4 Å². The molecule has 2 rings (SSSR count). The first-order chi connectivity index (χ1) is 11.7. The van der Waals surface area contributed by atoms with E-state index in [9.17, 15) is 13.2 Å². The summed E-state index contributed by atoms with van der Waals surface area (Å²) in [4.78, 5) is 12.6. The maximum Gasteiger partial charge on any atom is 0.255 e. The van der Waals surface area contributed by atoms with Gasteiger partial charge in [-0.15, -0.1) is 0 Å². The van der Waals surface area contributed by atoms with Gasteiger partial charge < -0.3 is 5.32 Å². The molecule has 0 atom stereocenters. The van der Waals surface area contributed by atoms with Gasteiger partial charge in [0.05, 0.1) is 5.75 Å². The maximum absolute atomic E-state index is 12.6. The van der Waals surface area contributed by atoms with Gasteiger partial charge in [-0.1, -0.05) is 44.2 Å². The van der Waals surface area contributed by atoms with Crippen molar-refractivity contribution in [1.82, 2.24) is 0 Å². The van der Waals surface area contributed by atoms with Gasteiger partial charge in [0.2, 0.25) is 0 Å². The summed E-state index contributed by atoms with van der Waals surface area (Å²) >= 11 is 0. The molecule has 0 aliphatic carbocycles. The molecular weight excluding hydrogens is 334 g/mol. The van der Waals surface area contributed by atoms with Crippen molar-refractivity contribution in [1.29, 1.82) is 0 Å². The SMILES string of the molecule is CC(C)Cc1ccccc1C(=O)Nc1ccc(CCS(C)(=O)=O)cc1. The fourth-order valence-corrected chi connectivity index (χ4v) is 3.22. The Balaban J connectivity index is 2.06. The summed E-state index contributed by atoms with van der Waals surface area (Å²) in [5.74, 6) is 0.476. The molecule has 0 unspecified atom stereocenters. The van der Waals surface area contributed by atoms with Crippen LogP contribution in [0.5, 0.6) is 0 Å². The number of nitrogens with one attached hydrogen (secondary N) is 1. The number of rotatable bonds is 7. The molecule has 25 heavy (non-hydrogen) atoms. The average Bonchev–Trinajstić information content (AvgIpc) is 2.53. The first-order valence-corrected chi connectivity index (χ1v) is 10.5. The quantitative estimate of drug-likeness (QED) is 0.819. The fraction of sp³-hybridized carbons (Fsp3) is 0.350. The number of amides is 1. The zero-order valence-electron chi connectivity index (χ0n) is 15.0. The van der Waals surface area contributed by atoms with Crippen molar-refractivity contribution in [2.24, 2.45) is 5.92 Å². The molecule has 0 heterocycles. The van der Waals surface area contributed by atoms with Crippen LogP contribution in [0.2, 0.25) is 0 Å². The van der Waals surface area contributed by atoms with E-state index in [-0.39, 0.29) is 11.7 Å². The monoisotopic (exact) mass is 359 g/mol. The van der Waals surface area contributed by atoms with E-state index in [1.165, 1.54) is 6.26 Å². The van der Waals surface area contributed by atoms with E-state index in [0.29, 0.717) is 23.6 Å². The number of hydrogen-bond acceptors (Lipinski definition) is 3. The third kappa shape index (κ3) is 6.35. The van der Waals surface area contributed by atoms with Gasteiger partial charge in [-0.2, -0.15) is 0 Å². The molecule has 134 valence electrons. The van der Waals surface area contributed by atoms with Gasteiger partial charge in [-0.3, -0.25) is 4.79 Å². The molecule has 4 nitrogen and oxygen atoms in total. The van der Waals surface area contributed by atoms with Gasteiger partial charge in [0.25, 0.3) is 5.91 Å². The number of sulfone groups is 1. The summed E-state index contributed by atoms with van der Waals surface area (Å²) in [6, 6.07) is 15.0. The molecule has 0 radical (unpaired) electrons. The van der Waals surface area contributed by atoms with Crippen molar-refractivity contribution in [3.05, 3.63) is 65.2 Å². The predicted octanol–water partition coefficient (Wildman–Crippen LogP) is 3.72. The van der Waals surface area contributed by atoms with E-state index >= 15 is 0 Å². The smallest absolute Gasteiger partial charge is 0.255 e. The highest BCUT2D eigenvalue weighted by Gasteiger charge is 2.12. The van der Waals surface area contributed by atoms with Crippen LogP contribution in [0.4, 0.5) is 5.69 Å². The largest absolute Gasteiger partial charge is 0.322 e. The Bertz CT molecular complexity index is 824. The van der Waals surface area contributed by atoms with Gasteiger partial charge >= 0.3 is 0 Å². The van der Waals surface area contributed by atoms with E-state index in [4.69, 9.17) is 0 Å². The number of anilines is 1. The van der Waals surface area contributed by atoms with Gasteiger partial charge in [0, 0.05) is 17.5 Å². The third-order valence-electron chi connectivity index (χ3n) is 3.86. The minimum absolute atomic E-state index is 0.125. The number of carbonyl (C=O) groups is 1. The van der Waals surface area contributed by atoms with Crippen molar-refractivity contribution in [3.8, 4) is 0 Å². The summed E-state index contributed by atoms with van der Waals surface area (Å²) in [5.41, 5.74) is 3.37. The topological polar surface area (TPSA) is 63.2 Å². The van der Waals surface area contributed by atoms with Crippen LogP contribution in [0, 0.1) is 5.92 Å². The van der Waals surface area contributed by atoms with Crippen LogP contribution in [0.25, 0.3) is 0 Å². The van der Waals surface area contributed by atoms with E-state index in [1.807, 2.05) is 36.4 Å². The first-order valence-electron chi connectivity index (χ1n) is 8.40. The molecule has 0 saturated carbocycles. The van der Waals surface area contributed by atoms with Crippen LogP contribution in [-0.4, -0.2) is 26.3 Å². The second-order valence-electron chi connectivity index (χ2n) is 6.79. The standard InChI is InChI=1S/C20H25NO3S/c1-15(2)14-17-6-4-5-7-19(17)20(22)21-18-10-8-16(9-11-18)12-13-25(3,23)24/h4-11,15H,12-14H2,1-3H3,(H,21,22). The van der Waals surface area contributed by atoms with Crippen LogP contribution in [0.3, 0.4) is 0 Å². The Kier molecular flexibility index (Phi) is 6.37. The minimum Gasteiger partial charge on any atom is -0.322 e. The average molecular weight is 359 g/mol. The van der Waals surface area contributed by atoms with Crippen LogP contribution >= 0.6 is 0 Å². The van der Waals surface area contributed by atoms with E-state index < -0.39 is 9.84 Å². The summed E-state index contributed by atoms with van der Waals surface area (Å²) in [5, 5.41) is 2.91. The fourth-order valence-electron chi connectivity index (χ4n) is 2.62. The van der Waals surface area contributed by atoms with Crippen molar-refractivity contribution in [3.63, 3.8) is 0 Å². The molecule has 0 saturated heterocycles. The number of aryl methyl sites for hydroxylation is 1. The molecular formula is C20H25NO3S. The van der Waals surface area contributed by atoms with E-state index in [0.717, 1.165) is 17.5 Å². The second-order valence-corrected chi connectivity index (χ2v) is 9.05. The van der Waals surface area contributed by atoms with Crippen molar-refractivity contribution in [2.75, 3.05) is 17.3 Å². The zero-order chi connectivity index (χ0) is 18.4.